The minimum absolute atomic E-state index is 0.00156. The van der Waals surface area contributed by atoms with Crippen LogP contribution in [0.25, 0.3) is 0 Å². The molecule has 0 saturated heterocycles. The Balaban J connectivity index is 2.33. The van der Waals surface area contributed by atoms with Crippen molar-refractivity contribution in [3.8, 4) is 11.5 Å². The fourth-order valence-corrected chi connectivity index (χ4v) is 2.52. The first-order chi connectivity index (χ1) is 9.56. The predicted molar refractivity (Wildman–Crippen MR) is 72.6 cm³/mol. The summed E-state index contributed by atoms with van der Waals surface area (Å²) in [6, 6.07) is 11.9. The topological polar surface area (TPSA) is 69.7 Å². The number of hydrogen-bond donors (Lipinski definition) is 0. The molecular formula is C14H12O5S. The summed E-state index contributed by atoms with van der Waals surface area (Å²) in [6.45, 7) is 0. The molecule has 0 N–H and O–H groups in total. The molecule has 0 bridgehead atoms. The molecule has 0 aliphatic carbocycles. The minimum Gasteiger partial charge on any atom is -0.497 e. The summed E-state index contributed by atoms with van der Waals surface area (Å²) in [5, 5.41) is 0. The van der Waals surface area contributed by atoms with Gasteiger partial charge in [0, 0.05) is 0 Å². The molecule has 5 nitrogen and oxygen atoms in total. The van der Waals surface area contributed by atoms with Crippen LogP contribution in [0.15, 0.2) is 53.4 Å². The summed E-state index contributed by atoms with van der Waals surface area (Å²) in [7, 11) is -2.50. The van der Waals surface area contributed by atoms with E-state index in [-0.39, 0.29) is 16.2 Å². The smallest absolute Gasteiger partial charge is 0.339 e. The normalized spacial score (nSPS) is 10.8. The Morgan fingerprint density at radius 2 is 1.65 bits per heavy atom. The lowest BCUT2D eigenvalue weighted by atomic mass is 10.2. The molecule has 0 amide bonds. The number of ether oxygens (including phenoxy) is 1. The summed E-state index contributed by atoms with van der Waals surface area (Å²) < 4.78 is 34.1. The maximum absolute atomic E-state index is 12.1. The van der Waals surface area contributed by atoms with Crippen LogP contribution in [0.3, 0.4) is 0 Å². The van der Waals surface area contributed by atoms with Crippen LogP contribution in [0, 0.1) is 0 Å². The van der Waals surface area contributed by atoms with Gasteiger partial charge in [0.25, 0.3) is 0 Å². The quantitative estimate of drug-likeness (QED) is 0.624. The van der Waals surface area contributed by atoms with Crippen molar-refractivity contribution in [2.45, 2.75) is 4.90 Å². The number of methoxy groups -OCH3 is 1. The zero-order chi connectivity index (χ0) is 14.6. The van der Waals surface area contributed by atoms with Gasteiger partial charge in [-0.3, -0.25) is 4.79 Å². The Morgan fingerprint density at radius 1 is 1.00 bits per heavy atom. The zero-order valence-corrected chi connectivity index (χ0v) is 11.5. The van der Waals surface area contributed by atoms with Crippen molar-refractivity contribution >= 4 is 16.4 Å². The van der Waals surface area contributed by atoms with Crippen molar-refractivity contribution < 1.29 is 22.1 Å². The van der Waals surface area contributed by atoms with Crippen LogP contribution in [0.5, 0.6) is 11.5 Å². The molecule has 0 aliphatic heterocycles. The highest BCUT2D eigenvalue weighted by Crippen LogP contribution is 2.23. The van der Waals surface area contributed by atoms with Crippen LogP contribution < -0.4 is 8.92 Å². The van der Waals surface area contributed by atoms with Gasteiger partial charge in [0.15, 0.2) is 12.0 Å². The Hall–Kier alpha value is -2.34. The molecule has 104 valence electrons. The highest BCUT2D eigenvalue weighted by atomic mass is 32.2. The van der Waals surface area contributed by atoms with E-state index in [0.717, 1.165) is 0 Å². The largest absolute Gasteiger partial charge is 0.497 e. The van der Waals surface area contributed by atoms with Gasteiger partial charge >= 0.3 is 10.1 Å². The van der Waals surface area contributed by atoms with Crippen molar-refractivity contribution in [2.24, 2.45) is 0 Å². The number of carbonyl (C=O) groups excluding carboxylic acids is 1. The number of benzene rings is 2. The predicted octanol–water partition coefficient (Wildman–Crippen LogP) is 2.28. The van der Waals surface area contributed by atoms with Crippen molar-refractivity contribution in [3.63, 3.8) is 0 Å². The molecule has 0 atom stereocenters. The Labute approximate surface area is 116 Å². The lowest BCUT2D eigenvalue weighted by Crippen LogP contribution is -2.10. The summed E-state index contributed by atoms with van der Waals surface area (Å²) in [4.78, 5) is 10.8. The van der Waals surface area contributed by atoms with Crippen LogP contribution in [0.4, 0.5) is 0 Å². The third-order valence-corrected chi connectivity index (χ3v) is 3.84. The molecule has 0 radical (unpaired) electrons. The van der Waals surface area contributed by atoms with Gasteiger partial charge in [-0.15, -0.1) is 0 Å². The highest BCUT2D eigenvalue weighted by Gasteiger charge is 2.18. The van der Waals surface area contributed by atoms with Gasteiger partial charge in [-0.05, 0) is 36.4 Å². The second-order valence-electron chi connectivity index (χ2n) is 3.87. The van der Waals surface area contributed by atoms with Crippen LogP contribution in [-0.4, -0.2) is 21.8 Å². The molecule has 0 heterocycles. The number of aldehydes is 1. The van der Waals surface area contributed by atoms with Crippen molar-refractivity contribution in [2.75, 3.05) is 7.11 Å². The second kappa shape index (κ2) is 5.75. The van der Waals surface area contributed by atoms with Crippen LogP contribution in [-0.2, 0) is 10.1 Å². The first-order valence-corrected chi connectivity index (χ1v) is 7.10. The molecule has 0 unspecified atom stereocenters. The van der Waals surface area contributed by atoms with E-state index in [4.69, 9.17) is 8.92 Å². The summed E-state index contributed by atoms with van der Waals surface area (Å²) in [5.74, 6) is 0.538. The fraction of sp³-hybridized carbons (Fsp3) is 0.0714. The third-order valence-electron chi connectivity index (χ3n) is 2.59. The summed E-state index contributed by atoms with van der Waals surface area (Å²) >= 11 is 0. The van der Waals surface area contributed by atoms with E-state index in [1.165, 1.54) is 43.5 Å². The highest BCUT2D eigenvalue weighted by molar-refractivity contribution is 7.87. The lowest BCUT2D eigenvalue weighted by molar-refractivity contribution is 0.112. The van der Waals surface area contributed by atoms with Crippen molar-refractivity contribution in [1.29, 1.82) is 0 Å². The summed E-state index contributed by atoms with van der Waals surface area (Å²) in [6.07, 6.45) is 0.541. The third kappa shape index (κ3) is 2.97. The van der Waals surface area contributed by atoms with E-state index in [0.29, 0.717) is 12.0 Å². The van der Waals surface area contributed by atoms with Gasteiger partial charge in [-0.25, -0.2) is 0 Å². The number of hydrogen-bond acceptors (Lipinski definition) is 5. The van der Waals surface area contributed by atoms with Crippen LogP contribution >= 0.6 is 0 Å². The minimum atomic E-state index is -3.99. The van der Waals surface area contributed by atoms with E-state index in [1.807, 2.05) is 0 Å². The SMILES string of the molecule is COc1ccc(S(=O)(=O)Oc2ccccc2C=O)cc1. The van der Waals surface area contributed by atoms with E-state index in [9.17, 15) is 13.2 Å². The Bertz CT molecular complexity index is 705. The van der Waals surface area contributed by atoms with Crippen LogP contribution in [0.2, 0.25) is 0 Å². The second-order valence-corrected chi connectivity index (χ2v) is 5.41. The van der Waals surface area contributed by atoms with Gasteiger partial charge in [0.05, 0.1) is 12.7 Å². The number of carbonyl (C=O) groups is 1. The number of rotatable bonds is 5. The molecule has 2 aromatic rings. The maximum Gasteiger partial charge on any atom is 0.339 e. The van der Waals surface area contributed by atoms with E-state index in [2.05, 4.69) is 0 Å². The zero-order valence-electron chi connectivity index (χ0n) is 10.6. The first kappa shape index (κ1) is 14.1. The average Bonchev–Trinajstić information content (AvgIpc) is 2.47. The molecule has 20 heavy (non-hydrogen) atoms. The van der Waals surface area contributed by atoms with E-state index in [1.54, 1.807) is 12.1 Å². The van der Waals surface area contributed by atoms with Crippen molar-refractivity contribution in [3.05, 3.63) is 54.1 Å². The number of para-hydroxylation sites is 1. The van der Waals surface area contributed by atoms with Gasteiger partial charge in [0.1, 0.15) is 10.6 Å². The Morgan fingerprint density at radius 3 is 2.25 bits per heavy atom. The molecule has 2 aromatic carbocycles. The molecule has 0 aromatic heterocycles. The molecule has 6 heteroatoms. The maximum atomic E-state index is 12.1. The molecule has 0 spiro atoms. The monoisotopic (exact) mass is 292 g/mol. The van der Waals surface area contributed by atoms with Gasteiger partial charge in [-0.1, -0.05) is 12.1 Å². The van der Waals surface area contributed by atoms with E-state index >= 15 is 0 Å². The molecule has 0 saturated carbocycles. The average molecular weight is 292 g/mol. The standard InChI is InChI=1S/C14H12O5S/c1-18-12-6-8-13(9-7-12)20(16,17)19-14-5-3-2-4-11(14)10-15/h2-10H,1H3. The molecule has 2 rings (SSSR count). The van der Waals surface area contributed by atoms with Gasteiger partial charge < -0.3 is 8.92 Å². The van der Waals surface area contributed by atoms with Crippen LogP contribution in [0.1, 0.15) is 10.4 Å². The van der Waals surface area contributed by atoms with Gasteiger partial charge in [-0.2, -0.15) is 8.42 Å². The van der Waals surface area contributed by atoms with E-state index < -0.39 is 10.1 Å². The first-order valence-electron chi connectivity index (χ1n) is 5.69. The van der Waals surface area contributed by atoms with Crippen molar-refractivity contribution in [1.82, 2.24) is 0 Å². The Kier molecular flexibility index (Phi) is 4.05. The van der Waals surface area contributed by atoms with Gasteiger partial charge in [0.2, 0.25) is 0 Å². The molecular weight excluding hydrogens is 280 g/mol. The fourth-order valence-electron chi connectivity index (χ4n) is 1.56. The molecule has 0 fully saturated rings. The molecule has 0 aliphatic rings. The summed E-state index contributed by atoms with van der Waals surface area (Å²) in [5.41, 5.74) is 0.171. The lowest BCUT2D eigenvalue weighted by Gasteiger charge is -2.09.